The van der Waals surface area contributed by atoms with Gasteiger partial charge in [-0.1, -0.05) is 13.8 Å². The number of nitrogens with zero attached hydrogens (tertiary/aromatic N) is 2. The van der Waals surface area contributed by atoms with Crippen LogP contribution in [0, 0.1) is 12.8 Å². The maximum absolute atomic E-state index is 5.30. The second kappa shape index (κ2) is 5.65. The molecular weight excluding hydrogens is 202 g/mol. The molecule has 0 spiro atoms. The van der Waals surface area contributed by atoms with Crippen molar-refractivity contribution >= 4 is 11.8 Å². The summed E-state index contributed by atoms with van der Waals surface area (Å²) < 4.78 is 0. The molecule has 5 nitrogen and oxygen atoms in total. The SMILES string of the molecule is Cc1cc(NC(C)CC(C)C)nc(NN)n1. The summed E-state index contributed by atoms with van der Waals surface area (Å²) in [5.74, 6) is 7.22. The van der Waals surface area contributed by atoms with E-state index in [1.165, 1.54) is 0 Å². The first-order chi connectivity index (χ1) is 7.51. The van der Waals surface area contributed by atoms with Gasteiger partial charge in [-0.25, -0.2) is 10.8 Å². The van der Waals surface area contributed by atoms with E-state index in [4.69, 9.17) is 5.84 Å². The van der Waals surface area contributed by atoms with Crippen LogP contribution in [0.4, 0.5) is 11.8 Å². The minimum atomic E-state index is 0.389. The third kappa shape index (κ3) is 4.02. The van der Waals surface area contributed by atoms with E-state index in [0.29, 0.717) is 17.9 Å². The first-order valence-electron chi connectivity index (χ1n) is 5.60. The van der Waals surface area contributed by atoms with Crippen molar-refractivity contribution in [3.8, 4) is 0 Å². The van der Waals surface area contributed by atoms with Gasteiger partial charge in [-0.05, 0) is 26.2 Å². The number of anilines is 2. The molecule has 5 heteroatoms. The van der Waals surface area contributed by atoms with Gasteiger partial charge in [0.05, 0.1) is 0 Å². The number of hydrogen-bond acceptors (Lipinski definition) is 5. The summed E-state index contributed by atoms with van der Waals surface area (Å²) in [5.41, 5.74) is 3.35. The molecule has 1 aromatic rings. The quantitative estimate of drug-likeness (QED) is 0.525. The van der Waals surface area contributed by atoms with Crippen molar-refractivity contribution in [2.24, 2.45) is 11.8 Å². The molecule has 0 radical (unpaired) electrons. The lowest BCUT2D eigenvalue weighted by Crippen LogP contribution is -2.19. The van der Waals surface area contributed by atoms with Crippen molar-refractivity contribution in [1.29, 1.82) is 0 Å². The number of nitrogens with one attached hydrogen (secondary N) is 2. The van der Waals surface area contributed by atoms with Crippen LogP contribution in [0.3, 0.4) is 0 Å². The van der Waals surface area contributed by atoms with Crippen LogP contribution >= 0.6 is 0 Å². The largest absolute Gasteiger partial charge is 0.367 e. The Balaban J connectivity index is 2.69. The molecule has 0 saturated heterocycles. The highest BCUT2D eigenvalue weighted by Gasteiger charge is 2.07. The minimum Gasteiger partial charge on any atom is -0.367 e. The highest BCUT2D eigenvalue weighted by molar-refractivity contribution is 5.42. The van der Waals surface area contributed by atoms with Gasteiger partial charge in [-0.3, -0.25) is 5.43 Å². The van der Waals surface area contributed by atoms with E-state index in [1.807, 2.05) is 13.0 Å². The van der Waals surface area contributed by atoms with Gasteiger partial charge in [0.25, 0.3) is 0 Å². The summed E-state index contributed by atoms with van der Waals surface area (Å²) in [4.78, 5) is 8.37. The maximum Gasteiger partial charge on any atom is 0.239 e. The molecule has 1 atom stereocenters. The van der Waals surface area contributed by atoms with Crippen molar-refractivity contribution in [1.82, 2.24) is 9.97 Å². The van der Waals surface area contributed by atoms with Crippen molar-refractivity contribution in [2.75, 3.05) is 10.7 Å². The number of hydrogen-bond donors (Lipinski definition) is 3. The van der Waals surface area contributed by atoms with Gasteiger partial charge in [-0.15, -0.1) is 0 Å². The maximum atomic E-state index is 5.30. The molecule has 0 aromatic carbocycles. The Morgan fingerprint density at radius 2 is 2.00 bits per heavy atom. The second-order valence-electron chi connectivity index (χ2n) is 4.54. The summed E-state index contributed by atoms with van der Waals surface area (Å²) in [5, 5.41) is 3.34. The molecule has 0 saturated carbocycles. The zero-order valence-corrected chi connectivity index (χ0v) is 10.4. The standard InChI is InChI=1S/C11H21N5/c1-7(2)5-8(3)13-10-6-9(4)14-11(15-10)16-12/h6-8H,5,12H2,1-4H3,(H2,13,14,15,16). The van der Waals surface area contributed by atoms with Gasteiger partial charge >= 0.3 is 0 Å². The predicted molar refractivity (Wildman–Crippen MR) is 67.1 cm³/mol. The van der Waals surface area contributed by atoms with Crippen LogP contribution in [0.25, 0.3) is 0 Å². The molecule has 4 N–H and O–H groups in total. The van der Waals surface area contributed by atoms with E-state index in [0.717, 1.165) is 17.9 Å². The Morgan fingerprint density at radius 1 is 1.31 bits per heavy atom. The molecule has 90 valence electrons. The van der Waals surface area contributed by atoms with Crippen LogP contribution in [-0.2, 0) is 0 Å². The Labute approximate surface area is 96.8 Å². The molecule has 1 rings (SSSR count). The average Bonchev–Trinajstić information content (AvgIpc) is 2.14. The highest BCUT2D eigenvalue weighted by Crippen LogP contribution is 2.13. The van der Waals surface area contributed by atoms with Gasteiger partial charge in [0, 0.05) is 17.8 Å². The second-order valence-corrected chi connectivity index (χ2v) is 4.54. The van der Waals surface area contributed by atoms with Crippen molar-refractivity contribution in [2.45, 2.75) is 40.2 Å². The molecule has 1 unspecified atom stereocenters. The van der Waals surface area contributed by atoms with Crippen LogP contribution in [0.1, 0.15) is 32.9 Å². The fraction of sp³-hybridized carbons (Fsp3) is 0.636. The molecule has 0 aliphatic rings. The Bertz CT molecular complexity index is 337. The van der Waals surface area contributed by atoms with Gasteiger partial charge < -0.3 is 5.32 Å². The Kier molecular flexibility index (Phi) is 4.49. The van der Waals surface area contributed by atoms with Gasteiger partial charge in [0.15, 0.2) is 0 Å². The molecular formula is C11H21N5. The molecule has 0 amide bonds. The van der Waals surface area contributed by atoms with Gasteiger partial charge in [0.2, 0.25) is 5.95 Å². The normalized spacial score (nSPS) is 12.6. The molecule has 0 aliphatic heterocycles. The van der Waals surface area contributed by atoms with Gasteiger partial charge in [-0.2, -0.15) is 4.98 Å². The molecule has 0 bridgehead atoms. The fourth-order valence-electron chi connectivity index (χ4n) is 1.73. The van der Waals surface area contributed by atoms with Crippen LogP contribution in [0.5, 0.6) is 0 Å². The highest BCUT2D eigenvalue weighted by atomic mass is 15.3. The van der Waals surface area contributed by atoms with Crippen molar-refractivity contribution in [3.05, 3.63) is 11.8 Å². The van der Waals surface area contributed by atoms with Crippen LogP contribution in [0.2, 0.25) is 0 Å². The summed E-state index contributed by atoms with van der Waals surface area (Å²) >= 11 is 0. The summed E-state index contributed by atoms with van der Waals surface area (Å²) in [6, 6.07) is 2.30. The number of hydrazine groups is 1. The van der Waals surface area contributed by atoms with E-state index in [-0.39, 0.29) is 0 Å². The molecule has 0 aliphatic carbocycles. The third-order valence-corrected chi connectivity index (χ3v) is 2.20. The molecule has 16 heavy (non-hydrogen) atoms. The first kappa shape index (κ1) is 12.7. The van der Waals surface area contributed by atoms with E-state index in [9.17, 15) is 0 Å². The third-order valence-electron chi connectivity index (χ3n) is 2.20. The predicted octanol–water partition coefficient (Wildman–Crippen LogP) is 1.92. The average molecular weight is 223 g/mol. The molecule has 0 fully saturated rings. The Morgan fingerprint density at radius 3 is 2.56 bits per heavy atom. The van der Waals surface area contributed by atoms with E-state index in [1.54, 1.807) is 0 Å². The topological polar surface area (TPSA) is 75.9 Å². The lowest BCUT2D eigenvalue weighted by molar-refractivity contribution is 0.539. The lowest BCUT2D eigenvalue weighted by Gasteiger charge is -2.17. The number of nitrogen functional groups attached to an aromatic ring is 1. The molecule has 1 heterocycles. The monoisotopic (exact) mass is 223 g/mol. The first-order valence-corrected chi connectivity index (χ1v) is 5.60. The number of aromatic nitrogens is 2. The lowest BCUT2D eigenvalue weighted by atomic mass is 10.1. The number of rotatable bonds is 5. The zero-order chi connectivity index (χ0) is 12.1. The van der Waals surface area contributed by atoms with E-state index >= 15 is 0 Å². The van der Waals surface area contributed by atoms with E-state index in [2.05, 4.69) is 41.5 Å². The molecule has 1 aromatic heterocycles. The van der Waals surface area contributed by atoms with Crippen LogP contribution < -0.4 is 16.6 Å². The van der Waals surface area contributed by atoms with Crippen molar-refractivity contribution in [3.63, 3.8) is 0 Å². The number of nitrogens with two attached hydrogens (primary N) is 1. The zero-order valence-electron chi connectivity index (χ0n) is 10.4. The van der Waals surface area contributed by atoms with Gasteiger partial charge in [0.1, 0.15) is 5.82 Å². The van der Waals surface area contributed by atoms with Crippen molar-refractivity contribution < 1.29 is 0 Å². The smallest absolute Gasteiger partial charge is 0.239 e. The fourth-order valence-corrected chi connectivity index (χ4v) is 1.73. The minimum absolute atomic E-state index is 0.389. The summed E-state index contributed by atoms with van der Waals surface area (Å²) in [6.45, 7) is 8.47. The van der Waals surface area contributed by atoms with Crippen LogP contribution in [0.15, 0.2) is 6.07 Å². The summed E-state index contributed by atoms with van der Waals surface area (Å²) in [6.07, 6.45) is 1.11. The Hall–Kier alpha value is -1.36. The van der Waals surface area contributed by atoms with Crippen LogP contribution in [-0.4, -0.2) is 16.0 Å². The number of aryl methyl sites for hydroxylation is 1. The summed E-state index contributed by atoms with van der Waals surface area (Å²) in [7, 11) is 0. The van der Waals surface area contributed by atoms with E-state index < -0.39 is 0 Å².